The summed E-state index contributed by atoms with van der Waals surface area (Å²) in [6.45, 7) is 5.81. The van der Waals surface area contributed by atoms with Crippen molar-refractivity contribution in [3.8, 4) is 0 Å². The molecule has 0 aliphatic heterocycles. The van der Waals surface area contributed by atoms with Crippen LogP contribution in [-0.2, 0) is 6.42 Å². The highest BCUT2D eigenvalue weighted by molar-refractivity contribution is 6.36. The first-order chi connectivity index (χ1) is 12.6. The second-order valence-electron chi connectivity index (χ2n) is 8.48. The minimum atomic E-state index is 0. The van der Waals surface area contributed by atoms with E-state index in [1.165, 1.54) is 75.3 Å². The summed E-state index contributed by atoms with van der Waals surface area (Å²) in [7, 11) is 0. The lowest BCUT2D eigenvalue weighted by molar-refractivity contribution is 0.119. The van der Waals surface area contributed by atoms with Crippen LogP contribution >= 0.6 is 35.6 Å². The predicted octanol–water partition coefficient (Wildman–Crippen LogP) is 8.05. The molecule has 1 nitrogen and oxygen atoms in total. The Labute approximate surface area is 182 Å². The van der Waals surface area contributed by atoms with Gasteiger partial charge in [-0.1, -0.05) is 68.7 Å². The van der Waals surface area contributed by atoms with Gasteiger partial charge >= 0.3 is 0 Å². The van der Waals surface area contributed by atoms with E-state index in [9.17, 15) is 0 Å². The maximum atomic E-state index is 6.72. The van der Waals surface area contributed by atoms with E-state index >= 15 is 0 Å². The molecule has 0 bridgehead atoms. The van der Waals surface area contributed by atoms with Crippen molar-refractivity contribution >= 4 is 35.6 Å². The van der Waals surface area contributed by atoms with Gasteiger partial charge in [0.25, 0.3) is 0 Å². The SMILES string of the molecule is CCN(C(C)Cc1cc(Cl)c(C2CCCCC2)c(Cl)c1)C1CCCCC1.Cl. The van der Waals surface area contributed by atoms with Gasteiger partial charge in [0.05, 0.1) is 0 Å². The van der Waals surface area contributed by atoms with Crippen molar-refractivity contribution in [3.05, 3.63) is 33.3 Å². The third-order valence-electron chi connectivity index (χ3n) is 6.66. The van der Waals surface area contributed by atoms with Gasteiger partial charge < -0.3 is 0 Å². The van der Waals surface area contributed by atoms with Gasteiger partial charge in [-0.05, 0) is 74.8 Å². The van der Waals surface area contributed by atoms with Crippen LogP contribution in [0.1, 0.15) is 95.1 Å². The largest absolute Gasteiger partial charge is 0.298 e. The number of nitrogens with zero attached hydrogens (tertiary/aromatic N) is 1. The Kier molecular flexibility index (Phi) is 9.76. The minimum Gasteiger partial charge on any atom is -0.298 e. The van der Waals surface area contributed by atoms with Crippen molar-refractivity contribution in [2.24, 2.45) is 0 Å². The van der Waals surface area contributed by atoms with Crippen LogP contribution in [0.3, 0.4) is 0 Å². The molecule has 154 valence electrons. The van der Waals surface area contributed by atoms with E-state index in [1.807, 2.05) is 0 Å². The maximum absolute atomic E-state index is 6.72. The van der Waals surface area contributed by atoms with Gasteiger partial charge in [-0.2, -0.15) is 0 Å². The number of benzene rings is 1. The van der Waals surface area contributed by atoms with Crippen molar-refractivity contribution in [1.29, 1.82) is 0 Å². The summed E-state index contributed by atoms with van der Waals surface area (Å²) in [5.74, 6) is 0.560. The summed E-state index contributed by atoms with van der Waals surface area (Å²) in [6.07, 6.45) is 14.4. The molecule has 1 unspecified atom stereocenters. The van der Waals surface area contributed by atoms with E-state index in [0.29, 0.717) is 12.0 Å². The molecule has 2 saturated carbocycles. The monoisotopic (exact) mass is 431 g/mol. The van der Waals surface area contributed by atoms with Gasteiger partial charge in [-0.3, -0.25) is 4.90 Å². The van der Waals surface area contributed by atoms with Crippen molar-refractivity contribution in [3.63, 3.8) is 0 Å². The van der Waals surface area contributed by atoms with Crippen LogP contribution in [0.4, 0.5) is 0 Å². The summed E-state index contributed by atoms with van der Waals surface area (Å²) in [5, 5.41) is 1.79. The topological polar surface area (TPSA) is 3.24 Å². The third-order valence-corrected chi connectivity index (χ3v) is 7.28. The first-order valence-electron chi connectivity index (χ1n) is 10.8. The number of rotatable bonds is 6. The fraction of sp³-hybridized carbons (Fsp3) is 0.739. The van der Waals surface area contributed by atoms with Crippen LogP contribution in [-0.4, -0.2) is 23.5 Å². The van der Waals surface area contributed by atoms with E-state index in [2.05, 4.69) is 30.9 Å². The average Bonchev–Trinajstić information content (AvgIpc) is 2.63. The van der Waals surface area contributed by atoms with E-state index in [-0.39, 0.29) is 12.4 Å². The Bertz CT molecular complexity index is 554. The van der Waals surface area contributed by atoms with Crippen LogP contribution in [0.5, 0.6) is 0 Å². The smallest absolute Gasteiger partial charge is 0.0458 e. The number of halogens is 3. The molecule has 0 saturated heterocycles. The molecular weight excluding hydrogens is 397 g/mol. The first kappa shape index (κ1) is 23.3. The minimum absolute atomic E-state index is 0. The quantitative estimate of drug-likeness (QED) is 0.439. The van der Waals surface area contributed by atoms with Gasteiger partial charge in [0.15, 0.2) is 0 Å². The lowest BCUT2D eigenvalue weighted by Gasteiger charge is -2.38. The second-order valence-corrected chi connectivity index (χ2v) is 9.30. The second kappa shape index (κ2) is 11.3. The Balaban J connectivity index is 0.00000261. The Morgan fingerprint density at radius 1 is 0.926 bits per heavy atom. The first-order valence-corrected chi connectivity index (χ1v) is 11.6. The average molecular weight is 433 g/mol. The van der Waals surface area contributed by atoms with E-state index in [1.54, 1.807) is 0 Å². The van der Waals surface area contributed by atoms with Crippen molar-refractivity contribution in [1.82, 2.24) is 4.90 Å². The highest BCUT2D eigenvalue weighted by Crippen LogP contribution is 2.41. The third kappa shape index (κ3) is 6.01. The van der Waals surface area contributed by atoms with Crippen LogP contribution in [0.25, 0.3) is 0 Å². The van der Waals surface area contributed by atoms with Gasteiger partial charge in [-0.25, -0.2) is 0 Å². The summed E-state index contributed by atoms with van der Waals surface area (Å²) < 4.78 is 0. The van der Waals surface area contributed by atoms with Crippen molar-refractivity contribution in [2.45, 2.75) is 102 Å². The molecule has 0 amide bonds. The van der Waals surface area contributed by atoms with E-state index in [4.69, 9.17) is 23.2 Å². The zero-order chi connectivity index (χ0) is 18.5. The number of hydrogen-bond donors (Lipinski definition) is 0. The molecule has 27 heavy (non-hydrogen) atoms. The molecule has 0 aromatic heterocycles. The molecule has 1 aromatic rings. The van der Waals surface area contributed by atoms with Gasteiger partial charge in [0.2, 0.25) is 0 Å². The fourth-order valence-electron chi connectivity index (χ4n) is 5.34. The zero-order valence-corrected chi connectivity index (χ0v) is 19.3. The molecule has 3 rings (SSSR count). The molecule has 0 N–H and O–H groups in total. The molecule has 0 spiro atoms. The van der Waals surface area contributed by atoms with Crippen molar-refractivity contribution in [2.75, 3.05) is 6.54 Å². The molecule has 2 fully saturated rings. The van der Waals surface area contributed by atoms with Crippen LogP contribution in [0, 0.1) is 0 Å². The van der Waals surface area contributed by atoms with Crippen LogP contribution in [0.15, 0.2) is 12.1 Å². The van der Waals surface area contributed by atoms with Gasteiger partial charge in [0.1, 0.15) is 0 Å². The Morgan fingerprint density at radius 2 is 1.44 bits per heavy atom. The highest BCUT2D eigenvalue weighted by Gasteiger charge is 2.25. The molecule has 4 heteroatoms. The molecule has 1 atom stereocenters. The molecular formula is C23H36Cl3N. The number of hydrogen-bond acceptors (Lipinski definition) is 1. The summed E-state index contributed by atoms with van der Waals surface area (Å²) in [4.78, 5) is 2.70. The standard InChI is InChI=1S/C23H35Cl2N.ClH/c1-3-26(20-12-8-5-9-13-20)17(2)14-18-15-21(24)23(22(25)16-18)19-10-6-4-7-11-19;/h15-17,19-20H,3-14H2,1-2H3;1H. The molecule has 0 heterocycles. The van der Waals surface area contributed by atoms with Crippen molar-refractivity contribution < 1.29 is 0 Å². The van der Waals surface area contributed by atoms with Crippen LogP contribution < -0.4 is 0 Å². The highest BCUT2D eigenvalue weighted by atomic mass is 35.5. The van der Waals surface area contributed by atoms with E-state index < -0.39 is 0 Å². The predicted molar refractivity (Wildman–Crippen MR) is 122 cm³/mol. The summed E-state index contributed by atoms with van der Waals surface area (Å²) in [6, 6.07) is 5.69. The maximum Gasteiger partial charge on any atom is 0.0458 e. The zero-order valence-electron chi connectivity index (χ0n) is 17.0. The summed E-state index contributed by atoms with van der Waals surface area (Å²) in [5.41, 5.74) is 2.50. The van der Waals surface area contributed by atoms with Gasteiger partial charge in [0, 0.05) is 22.1 Å². The molecule has 2 aliphatic carbocycles. The fourth-order valence-corrected chi connectivity index (χ4v) is 6.18. The Hall–Kier alpha value is 0.0500. The summed E-state index contributed by atoms with van der Waals surface area (Å²) >= 11 is 13.4. The Morgan fingerprint density at radius 3 is 1.96 bits per heavy atom. The van der Waals surface area contributed by atoms with E-state index in [0.717, 1.165) is 29.1 Å². The van der Waals surface area contributed by atoms with Gasteiger partial charge in [-0.15, -0.1) is 12.4 Å². The molecule has 2 aliphatic rings. The van der Waals surface area contributed by atoms with Crippen LogP contribution in [0.2, 0.25) is 10.0 Å². The molecule has 0 radical (unpaired) electrons. The normalized spacial score (nSPS) is 20.5. The molecule has 1 aromatic carbocycles. The lowest BCUT2D eigenvalue weighted by Crippen LogP contribution is -2.43. The number of likely N-dealkylation sites (N-methyl/N-ethyl adjacent to an activating group) is 1. The lowest BCUT2D eigenvalue weighted by atomic mass is 9.83.